The summed E-state index contributed by atoms with van der Waals surface area (Å²) < 4.78 is 48.7. The van der Waals surface area contributed by atoms with Gasteiger partial charge >= 0.3 is 5.97 Å². The third-order valence-corrected chi connectivity index (χ3v) is 6.46. The van der Waals surface area contributed by atoms with E-state index in [1.54, 1.807) is 37.3 Å². The summed E-state index contributed by atoms with van der Waals surface area (Å²) in [6, 6.07) is 13.4. The van der Waals surface area contributed by atoms with E-state index in [4.69, 9.17) is 14.6 Å². The maximum Gasteiger partial charge on any atom is 0.314 e. The van der Waals surface area contributed by atoms with Gasteiger partial charge in [0.25, 0.3) is 5.88 Å². The number of hydrogen-bond acceptors (Lipinski definition) is 6. The molecule has 0 saturated heterocycles. The highest BCUT2D eigenvalue weighted by molar-refractivity contribution is 7.89. The lowest BCUT2D eigenvalue weighted by molar-refractivity contribution is -0.138. The normalized spacial score (nSPS) is 12.3. The molecule has 0 aliphatic heterocycles. The minimum Gasteiger partial charge on any atom is -0.475 e. The molecular formula is C26H29FN2O5S. The summed E-state index contributed by atoms with van der Waals surface area (Å²) in [6.07, 6.45) is 2.24. The fourth-order valence-electron chi connectivity index (χ4n) is 3.19. The Morgan fingerprint density at radius 2 is 1.69 bits per heavy atom. The summed E-state index contributed by atoms with van der Waals surface area (Å²) in [6.45, 7) is 6.02. The lowest BCUT2D eigenvalue weighted by Gasteiger charge is -2.18. The van der Waals surface area contributed by atoms with Crippen molar-refractivity contribution >= 4 is 16.0 Å². The summed E-state index contributed by atoms with van der Waals surface area (Å²) in [7, 11) is -3.88. The van der Waals surface area contributed by atoms with E-state index in [2.05, 4.69) is 4.98 Å². The number of sulfonamides is 1. The van der Waals surface area contributed by atoms with E-state index in [0.717, 1.165) is 12.8 Å². The Hall–Kier alpha value is -3.30. The number of unbranched alkanes of at least 4 members (excludes halogenated alkanes) is 1. The molecule has 1 aromatic heterocycles. The zero-order valence-electron chi connectivity index (χ0n) is 20.0. The van der Waals surface area contributed by atoms with Crippen molar-refractivity contribution < 1.29 is 27.1 Å². The molecule has 1 unspecified atom stereocenters. The maximum absolute atomic E-state index is 13.5. The van der Waals surface area contributed by atoms with Crippen LogP contribution in [0.4, 0.5) is 4.39 Å². The van der Waals surface area contributed by atoms with Crippen LogP contribution < -0.4 is 14.6 Å². The second kappa shape index (κ2) is 11.4. The van der Waals surface area contributed by atoms with Crippen LogP contribution in [0.15, 0.2) is 59.5 Å². The SMILES string of the molecule is CCCCOc1nc(-c2ccc(F)cc2)cc(-c2ccc(S(N)(=O)=O)cc2)c1OC(=O)C(C)CC. The molecule has 1 atom stereocenters. The average molecular weight is 501 g/mol. The van der Waals surface area contributed by atoms with Crippen LogP contribution in [0.3, 0.4) is 0 Å². The van der Waals surface area contributed by atoms with Crippen molar-refractivity contribution in [1.82, 2.24) is 4.98 Å². The number of ether oxygens (including phenoxy) is 2. The van der Waals surface area contributed by atoms with E-state index in [-0.39, 0.29) is 28.3 Å². The smallest absolute Gasteiger partial charge is 0.314 e. The van der Waals surface area contributed by atoms with Crippen molar-refractivity contribution in [3.63, 3.8) is 0 Å². The first-order chi connectivity index (χ1) is 16.6. The molecule has 3 rings (SSSR count). The first kappa shape index (κ1) is 26.3. The molecule has 1 heterocycles. The molecule has 0 bridgehead atoms. The number of primary sulfonamides is 1. The standard InChI is InChI=1S/C26H29FN2O5S/c1-4-6-15-33-25-24(34-26(30)17(3)5-2)22(18-9-13-21(14-10-18)35(28,31)32)16-23(29-25)19-7-11-20(27)12-8-19/h7-14,16-17H,4-6,15H2,1-3H3,(H2,28,31,32). The molecule has 186 valence electrons. The van der Waals surface area contributed by atoms with Gasteiger partial charge in [-0.3, -0.25) is 4.79 Å². The van der Waals surface area contributed by atoms with Gasteiger partial charge in [0.15, 0.2) is 0 Å². The molecule has 3 aromatic rings. The van der Waals surface area contributed by atoms with Crippen molar-refractivity contribution in [2.24, 2.45) is 11.1 Å². The van der Waals surface area contributed by atoms with E-state index in [1.165, 1.54) is 24.3 Å². The van der Waals surface area contributed by atoms with E-state index >= 15 is 0 Å². The molecule has 7 nitrogen and oxygen atoms in total. The average Bonchev–Trinajstić information content (AvgIpc) is 2.84. The molecule has 0 radical (unpaired) electrons. The van der Waals surface area contributed by atoms with Crippen LogP contribution in [0.5, 0.6) is 11.6 Å². The number of halogens is 1. The Kier molecular flexibility index (Phi) is 8.58. The van der Waals surface area contributed by atoms with Gasteiger partial charge in [-0.2, -0.15) is 0 Å². The molecule has 0 aliphatic carbocycles. The number of hydrogen-bond donors (Lipinski definition) is 1. The van der Waals surface area contributed by atoms with Crippen LogP contribution in [0, 0.1) is 11.7 Å². The number of pyridine rings is 1. The van der Waals surface area contributed by atoms with Gasteiger partial charge in [0.05, 0.1) is 23.1 Å². The van der Waals surface area contributed by atoms with E-state index in [0.29, 0.717) is 35.4 Å². The molecule has 0 fully saturated rings. The number of esters is 1. The molecule has 0 amide bonds. The molecule has 9 heteroatoms. The van der Waals surface area contributed by atoms with Gasteiger partial charge < -0.3 is 9.47 Å². The predicted molar refractivity (Wildman–Crippen MR) is 132 cm³/mol. The molecule has 2 aromatic carbocycles. The summed E-state index contributed by atoms with van der Waals surface area (Å²) in [5, 5.41) is 5.24. The van der Waals surface area contributed by atoms with Crippen LogP contribution in [0.25, 0.3) is 22.4 Å². The Morgan fingerprint density at radius 1 is 1.06 bits per heavy atom. The highest BCUT2D eigenvalue weighted by Gasteiger charge is 2.23. The second-order valence-corrected chi connectivity index (χ2v) is 9.76. The maximum atomic E-state index is 13.5. The number of nitrogens with zero attached hydrogens (tertiary/aromatic N) is 1. The quantitative estimate of drug-likeness (QED) is 0.298. The zero-order valence-corrected chi connectivity index (χ0v) is 20.8. The Morgan fingerprint density at radius 3 is 2.26 bits per heavy atom. The zero-order chi connectivity index (χ0) is 25.6. The van der Waals surface area contributed by atoms with Crippen LogP contribution in [0.2, 0.25) is 0 Å². The van der Waals surface area contributed by atoms with Gasteiger partial charge in [0.2, 0.25) is 15.8 Å². The second-order valence-electron chi connectivity index (χ2n) is 8.20. The van der Waals surface area contributed by atoms with Gasteiger partial charge in [0, 0.05) is 11.1 Å². The topological polar surface area (TPSA) is 109 Å². The van der Waals surface area contributed by atoms with Crippen LogP contribution >= 0.6 is 0 Å². The monoisotopic (exact) mass is 500 g/mol. The summed E-state index contributed by atoms with van der Waals surface area (Å²) in [5.74, 6) is -0.909. The summed E-state index contributed by atoms with van der Waals surface area (Å²) >= 11 is 0. The fourth-order valence-corrected chi connectivity index (χ4v) is 3.71. The number of rotatable bonds is 10. The number of carbonyl (C=O) groups excluding carboxylic acids is 1. The lowest BCUT2D eigenvalue weighted by Crippen LogP contribution is -2.18. The first-order valence-corrected chi connectivity index (χ1v) is 13.0. The highest BCUT2D eigenvalue weighted by Crippen LogP contribution is 2.41. The number of nitrogens with two attached hydrogens (primary N) is 1. The summed E-state index contributed by atoms with van der Waals surface area (Å²) in [4.78, 5) is 17.3. The lowest BCUT2D eigenvalue weighted by atomic mass is 10.0. The molecule has 2 N–H and O–H groups in total. The van der Waals surface area contributed by atoms with Crippen LogP contribution in [-0.4, -0.2) is 26.0 Å². The third-order valence-electron chi connectivity index (χ3n) is 5.53. The Bertz CT molecular complexity index is 1280. The van der Waals surface area contributed by atoms with Crippen molar-refractivity contribution in [3.8, 4) is 34.0 Å². The minimum atomic E-state index is -3.88. The van der Waals surface area contributed by atoms with Crippen LogP contribution in [-0.2, 0) is 14.8 Å². The summed E-state index contributed by atoms with van der Waals surface area (Å²) in [5.41, 5.74) is 2.15. The number of aromatic nitrogens is 1. The molecule has 0 aliphatic rings. The van der Waals surface area contributed by atoms with Crippen molar-refractivity contribution in [2.45, 2.75) is 44.9 Å². The van der Waals surface area contributed by atoms with Gasteiger partial charge in [-0.15, -0.1) is 0 Å². The third kappa shape index (κ3) is 6.64. The Labute approximate surface area is 205 Å². The molecule has 0 saturated carbocycles. The van der Waals surface area contributed by atoms with E-state index < -0.39 is 16.0 Å². The first-order valence-electron chi connectivity index (χ1n) is 11.4. The van der Waals surface area contributed by atoms with E-state index in [9.17, 15) is 17.6 Å². The van der Waals surface area contributed by atoms with Crippen LogP contribution in [0.1, 0.15) is 40.0 Å². The van der Waals surface area contributed by atoms with Crippen molar-refractivity contribution in [1.29, 1.82) is 0 Å². The fraction of sp³-hybridized carbons (Fsp3) is 0.308. The van der Waals surface area contributed by atoms with Crippen molar-refractivity contribution in [2.75, 3.05) is 6.61 Å². The highest BCUT2D eigenvalue weighted by atomic mass is 32.2. The molecular weight excluding hydrogens is 471 g/mol. The predicted octanol–water partition coefficient (Wildman–Crippen LogP) is 5.33. The Balaban J connectivity index is 2.22. The van der Waals surface area contributed by atoms with Crippen molar-refractivity contribution in [3.05, 3.63) is 60.4 Å². The van der Waals surface area contributed by atoms with E-state index in [1.807, 2.05) is 13.8 Å². The number of benzene rings is 2. The van der Waals surface area contributed by atoms with Gasteiger partial charge in [-0.05, 0) is 60.9 Å². The number of carbonyl (C=O) groups is 1. The largest absolute Gasteiger partial charge is 0.475 e. The van der Waals surface area contributed by atoms with Gasteiger partial charge in [-0.25, -0.2) is 22.9 Å². The minimum absolute atomic E-state index is 0.0494. The molecule has 35 heavy (non-hydrogen) atoms. The van der Waals surface area contributed by atoms with Gasteiger partial charge in [0.1, 0.15) is 5.82 Å². The molecule has 0 spiro atoms. The van der Waals surface area contributed by atoms with Gasteiger partial charge in [-0.1, -0.05) is 39.3 Å².